The molecule has 1 atom stereocenters. The van der Waals surface area contributed by atoms with Gasteiger partial charge >= 0.3 is 0 Å². The van der Waals surface area contributed by atoms with Crippen LogP contribution in [0.2, 0.25) is 10.0 Å². The Morgan fingerprint density at radius 1 is 1.16 bits per heavy atom. The van der Waals surface area contributed by atoms with E-state index in [9.17, 15) is 13.6 Å². The fourth-order valence-electron chi connectivity index (χ4n) is 3.08. The number of hydrogen-bond donors (Lipinski definition) is 1. The molecule has 1 aliphatic heterocycles. The lowest BCUT2D eigenvalue weighted by Crippen LogP contribution is -2.33. The van der Waals surface area contributed by atoms with Crippen molar-refractivity contribution in [2.24, 2.45) is 0 Å². The summed E-state index contributed by atoms with van der Waals surface area (Å²) in [4.78, 5) is 14.3. The number of carbonyl (C=O) groups excluding carboxylic acids is 1. The lowest BCUT2D eigenvalue weighted by Gasteiger charge is -2.24. The number of amides is 1. The quantitative estimate of drug-likeness (QED) is 0.799. The topological polar surface area (TPSA) is 32.3 Å². The normalized spacial score (nSPS) is 17.7. The van der Waals surface area contributed by atoms with Crippen LogP contribution in [0.1, 0.15) is 24.4 Å². The van der Waals surface area contributed by atoms with Gasteiger partial charge in [0.05, 0.1) is 22.3 Å². The average Bonchev–Trinajstić information content (AvgIpc) is 3.01. The maximum Gasteiger partial charge on any atom is 0.238 e. The van der Waals surface area contributed by atoms with Crippen molar-refractivity contribution < 1.29 is 13.6 Å². The fraction of sp³-hybridized carbons (Fsp3) is 0.278. The highest BCUT2D eigenvalue weighted by atomic mass is 35.5. The maximum absolute atomic E-state index is 13.7. The average molecular weight is 385 g/mol. The maximum atomic E-state index is 13.7. The third kappa shape index (κ3) is 4.29. The summed E-state index contributed by atoms with van der Waals surface area (Å²) in [6.45, 7) is 0.867. The van der Waals surface area contributed by atoms with Gasteiger partial charge in [0.25, 0.3) is 0 Å². The van der Waals surface area contributed by atoms with E-state index in [1.807, 2.05) is 17.0 Å². The van der Waals surface area contributed by atoms with Crippen LogP contribution in [0.3, 0.4) is 0 Å². The number of hydrogen-bond acceptors (Lipinski definition) is 2. The van der Waals surface area contributed by atoms with Crippen molar-refractivity contribution in [1.29, 1.82) is 0 Å². The van der Waals surface area contributed by atoms with Crippen LogP contribution in [0.25, 0.3) is 0 Å². The van der Waals surface area contributed by atoms with Gasteiger partial charge in [-0.3, -0.25) is 9.69 Å². The fourth-order valence-corrected chi connectivity index (χ4v) is 3.38. The van der Waals surface area contributed by atoms with Gasteiger partial charge in [-0.1, -0.05) is 29.3 Å². The van der Waals surface area contributed by atoms with Gasteiger partial charge in [-0.05, 0) is 49.2 Å². The van der Waals surface area contributed by atoms with E-state index in [2.05, 4.69) is 5.32 Å². The van der Waals surface area contributed by atoms with Gasteiger partial charge in [-0.25, -0.2) is 8.78 Å². The standard InChI is InChI=1S/C18H16Cl2F2N2O/c19-13-5-3-11(8-14(13)20)17-2-1-7-24(17)10-18(25)23-16-6-4-12(21)9-15(16)22/h3-6,8-9,17H,1-2,7,10H2,(H,23,25). The second kappa shape index (κ2) is 7.68. The first-order chi connectivity index (χ1) is 11.9. The first kappa shape index (κ1) is 18.1. The number of benzene rings is 2. The van der Waals surface area contributed by atoms with Gasteiger partial charge in [0, 0.05) is 12.1 Å². The van der Waals surface area contributed by atoms with Gasteiger partial charge in [-0.2, -0.15) is 0 Å². The largest absolute Gasteiger partial charge is 0.322 e. The molecule has 0 radical (unpaired) electrons. The molecule has 2 aromatic rings. The lowest BCUT2D eigenvalue weighted by atomic mass is 10.0. The van der Waals surface area contributed by atoms with Gasteiger partial charge in [0.1, 0.15) is 11.6 Å². The zero-order chi connectivity index (χ0) is 18.0. The first-order valence-electron chi connectivity index (χ1n) is 7.88. The van der Waals surface area contributed by atoms with Gasteiger partial charge in [0.2, 0.25) is 5.91 Å². The number of nitrogens with one attached hydrogen (secondary N) is 1. The van der Waals surface area contributed by atoms with Crippen LogP contribution in [0.15, 0.2) is 36.4 Å². The molecule has 3 rings (SSSR count). The minimum Gasteiger partial charge on any atom is -0.322 e. The summed E-state index contributed by atoms with van der Waals surface area (Å²) in [7, 11) is 0. The van der Waals surface area contributed by atoms with Crippen LogP contribution in [-0.4, -0.2) is 23.9 Å². The highest BCUT2D eigenvalue weighted by molar-refractivity contribution is 6.42. The number of likely N-dealkylation sites (tertiary alicyclic amines) is 1. The highest BCUT2D eigenvalue weighted by Gasteiger charge is 2.28. The van der Waals surface area contributed by atoms with E-state index in [0.29, 0.717) is 10.0 Å². The molecule has 1 amide bonds. The number of nitrogens with zero attached hydrogens (tertiary/aromatic N) is 1. The van der Waals surface area contributed by atoms with Gasteiger partial charge < -0.3 is 5.32 Å². The Hall–Kier alpha value is -1.69. The Morgan fingerprint density at radius 3 is 2.68 bits per heavy atom. The van der Waals surface area contributed by atoms with Crippen LogP contribution in [0.5, 0.6) is 0 Å². The first-order valence-corrected chi connectivity index (χ1v) is 8.63. The van der Waals surface area contributed by atoms with E-state index in [0.717, 1.165) is 37.1 Å². The van der Waals surface area contributed by atoms with E-state index in [1.165, 1.54) is 6.07 Å². The predicted molar refractivity (Wildman–Crippen MR) is 95.0 cm³/mol. The Morgan fingerprint density at radius 2 is 1.96 bits per heavy atom. The monoisotopic (exact) mass is 384 g/mol. The molecule has 1 fully saturated rings. The summed E-state index contributed by atoms with van der Waals surface area (Å²) in [5, 5.41) is 3.45. The molecule has 1 heterocycles. The minimum absolute atomic E-state index is 0.0308. The summed E-state index contributed by atoms with van der Waals surface area (Å²) < 4.78 is 26.6. The molecule has 0 saturated carbocycles. The summed E-state index contributed by atoms with van der Waals surface area (Å²) in [5.41, 5.74) is 0.962. The van der Waals surface area contributed by atoms with Gasteiger partial charge in [0.15, 0.2) is 0 Å². The predicted octanol–water partition coefficient (Wildman–Crippen LogP) is 5.05. The van der Waals surface area contributed by atoms with E-state index in [-0.39, 0.29) is 24.2 Å². The van der Waals surface area contributed by atoms with E-state index < -0.39 is 11.6 Å². The number of halogens is 4. The van der Waals surface area contributed by atoms with Crippen molar-refractivity contribution in [2.45, 2.75) is 18.9 Å². The summed E-state index contributed by atoms with van der Waals surface area (Å²) in [6, 6.07) is 8.56. The van der Waals surface area contributed by atoms with E-state index in [1.54, 1.807) is 6.07 Å². The number of anilines is 1. The smallest absolute Gasteiger partial charge is 0.238 e. The molecule has 132 valence electrons. The Kier molecular flexibility index (Phi) is 5.57. The Bertz CT molecular complexity index is 801. The molecule has 2 aromatic carbocycles. The number of rotatable bonds is 4. The van der Waals surface area contributed by atoms with E-state index in [4.69, 9.17) is 23.2 Å². The zero-order valence-corrected chi connectivity index (χ0v) is 14.7. The molecule has 0 spiro atoms. The summed E-state index contributed by atoms with van der Waals surface area (Å²) in [5.74, 6) is -1.83. The van der Waals surface area contributed by atoms with Crippen LogP contribution in [0, 0.1) is 11.6 Å². The van der Waals surface area contributed by atoms with Crippen molar-refractivity contribution in [3.05, 3.63) is 63.6 Å². The Balaban J connectivity index is 1.68. The molecule has 0 aromatic heterocycles. The highest BCUT2D eigenvalue weighted by Crippen LogP contribution is 2.34. The second-order valence-electron chi connectivity index (χ2n) is 5.97. The van der Waals surface area contributed by atoms with Crippen LogP contribution < -0.4 is 5.32 Å². The molecule has 3 nitrogen and oxygen atoms in total. The van der Waals surface area contributed by atoms with Gasteiger partial charge in [-0.15, -0.1) is 0 Å². The molecule has 0 aliphatic carbocycles. The van der Waals surface area contributed by atoms with Crippen molar-refractivity contribution in [3.8, 4) is 0 Å². The minimum atomic E-state index is -0.796. The van der Waals surface area contributed by atoms with Crippen molar-refractivity contribution in [3.63, 3.8) is 0 Å². The number of carbonyl (C=O) groups is 1. The summed E-state index contributed by atoms with van der Waals surface area (Å²) in [6.07, 6.45) is 1.85. The van der Waals surface area contributed by atoms with Crippen LogP contribution in [-0.2, 0) is 4.79 Å². The van der Waals surface area contributed by atoms with Crippen molar-refractivity contribution in [1.82, 2.24) is 4.90 Å². The molecule has 1 unspecified atom stereocenters. The molecule has 1 aliphatic rings. The second-order valence-corrected chi connectivity index (χ2v) is 6.79. The molecular weight excluding hydrogens is 369 g/mol. The third-order valence-electron chi connectivity index (χ3n) is 4.24. The van der Waals surface area contributed by atoms with Crippen LogP contribution >= 0.6 is 23.2 Å². The molecule has 25 heavy (non-hydrogen) atoms. The molecule has 1 N–H and O–H groups in total. The van der Waals surface area contributed by atoms with Crippen LogP contribution in [0.4, 0.5) is 14.5 Å². The summed E-state index contributed by atoms with van der Waals surface area (Å²) >= 11 is 12.0. The molecule has 1 saturated heterocycles. The SMILES string of the molecule is O=C(CN1CCCC1c1ccc(Cl)c(Cl)c1)Nc1ccc(F)cc1F. The van der Waals surface area contributed by atoms with Crippen molar-refractivity contribution >= 4 is 34.8 Å². The van der Waals surface area contributed by atoms with Crippen molar-refractivity contribution in [2.75, 3.05) is 18.4 Å². The van der Waals surface area contributed by atoms with E-state index >= 15 is 0 Å². The Labute approximate surface area is 154 Å². The lowest BCUT2D eigenvalue weighted by molar-refractivity contribution is -0.117. The molecular formula is C18H16Cl2F2N2O. The zero-order valence-electron chi connectivity index (χ0n) is 13.2. The molecule has 0 bridgehead atoms. The molecule has 7 heteroatoms. The third-order valence-corrected chi connectivity index (χ3v) is 4.98.